The molecule has 17 heavy (non-hydrogen) atoms. The number of carboxylic acid groups (broad SMARTS) is 1. The van der Waals surface area contributed by atoms with Gasteiger partial charge < -0.3 is 15.2 Å². The SMILES string of the molecule is CC(C)(C)OC(=O)NCC(F)(F)CCC(=O)O. The van der Waals surface area contributed by atoms with Gasteiger partial charge in [-0.3, -0.25) is 4.79 Å². The highest BCUT2D eigenvalue weighted by Crippen LogP contribution is 2.19. The molecule has 0 aliphatic carbocycles. The third-order valence-electron chi connectivity index (χ3n) is 1.59. The lowest BCUT2D eigenvalue weighted by Crippen LogP contribution is -2.40. The summed E-state index contributed by atoms with van der Waals surface area (Å²) >= 11 is 0. The van der Waals surface area contributed by atoms with Gasteiger partial charge in [0.15, 0.2) is 0 Å². The number of carboxylic acids is 1. The van der Waals surface area contributed by atoms with Crippen molar-refractivity contribution in [3.05, 3.63) is 0 Å². The minimum Gasteiger partial charge on any atom is -0.481 e. The standard InChI is InChI=1S/C10H17F2NO4/c1-9(2,3)17-8(16)13-6-10(11,12)5-4-7(14)15/h4-6H2,1-3H3,(H,13,16)(H,14,15). The van der Waals surface area contributed by atoms with Gasteiger partial charge in [-0.1, -0.05) is 0 Å². The molecule has 0 unspecified atom stereocenters. The number of halogens is 2. The lowest BCUT2D eigenvalue weighted by atomic mass is 10.2. The fourth-order valence-electron chi connectivity index (χ4n) is 0.894. The zero-order valence-electron chi connectivity index (χ0n) is 10.0. The molecule has 0 fully saturated rings. The average molecular weight is 253 g/mol. The first-order valence-electron chi connectivity index (χ1n) is 5.08. The van der Waals surface area contributed by atoms with Gasteiger partial charge in [-0.05, 0) is 20.8 Å². The van der Waals surface area contributed by atoms with E-state index >= 15 is 0 Å². The van der Waals surface area contributed by atoms with Crippen LogP contribution in [0.3, 0.4) is 0 Å². The zero-order chi connectivity index (χ0) is 13.7. The van der Waals surface area contributed by atoms with Crippen LogP contribution in [0.1, 0.15) is 33.6 Å². The average Bonchev–Trinajstić information content (AvgIpc) is 2.09. The van der Waals surface area contributed by atoms with Crippen LogP contribution in [0.2, 0.25) is 0 Å². The lowest BCUT2D eigenvalue weighted by molar-refractivity contribution is -0.139. The molecule has 7 heteroatoms. The van der Waals surface area contributed by atoms with Gasteiger partial charge in [0.05, 0.1) is 13.0 Å². The molecule has 0 aromatic carbocycles. The van der Waals surface area contributed by atoms with Crippen LogP contribution in [0.15, 0.2) is 0 Å². The quantitative estimate of drug-likeness (QED) is 0.785. The maximum absolute atomic E-state index is 13.0. The van der Waals surface area contributed by atoms with Crippen molar-refractivity contribution in [1.29, 1.82) is 0 Å². The highest BCUT2D eigenvalue weighted by atomic mass is 19.3. The van der Waals surface area contributed by atoms with E-state index in [1.165, 1.54) is 0 Å². The Balaban J connectivity index is 4.00. The summed E-state index contributed by atoms with van der Waals surface area (Å²) in [5.41, 5.74) is -0.763. The Kier molecular flexibility index (Phi) is 5.31. The molecule has 0 saturated heterocycles. The molecule has 2 N–H and O–H groups in total. The summed E-state index contributed by atoms with van der Waals surface area (Å²) in [5.74, 6) is -4.56. The van der Waals surface area contributed by atoms with Crippen LogP contribution in [-0.2, 0) is 9.53 Å². The van der Waals surface area contributed by atoms with Crippen molar-refractivity contribution < 1.29 is 28.2 Å². The predicted molar refractivity (Wildman–Crippen MR) is 56.1 cm³/mol. The van der Waals surface area contributed by atoms with Crippen LogP contribution in [0.25, 0.3) is 0 Å². The van der Waals surface area contributed by atoms with Gasteiger partial charge in [0.25, 0.3) is 5.92 Å². The lowest BCUT2D eigenvalue weighted by Gasteiger charge is -2.21. The molecule has 0 aliphatic heterocycles. The van der Waals surface area contributed by atoms with Crippen molar-refractivity contribution in [2.45, 2.75) is 45.1 Å². The summed E-state index contributed by atoms with van der Waals surface area (Å²) in [6, 6.07) is 0. The third kappa shape index (κ3) is 9.52. The molecule has 0 aliphatic rings. The fraction of sp³-hybridized carbons (Fsp3) is 0.800. The Morgan fingerprint density at radius 3 is 2.24 bits per heavy atom. The molecule has 1 amide bonds. The van der Waals surface area contributed by atoms with Crippen molar-refractivity contribution in [3.63, 3.8) is 0 Å². The second-order valence-corrected chi connectivity index (χ2v) is 4.61. The van der Waals surface area contributed by atoms with Gasteiger partial charge in [0.1, 0.15) is 5.60 Å². The Morgan fingerprint density at radius 1 is 1.29 bits per heavy atom. The van der Waals surface area contributed by atoms with Crippen LogP contribution in [0, 0.1) is 0 Å². The number of alkyl carbamates (subject to hydrolysis) is 1. The summed E-state index contributed by atoms with van der Waals surface area (Å²) in [4.78, 5) is 21.2. The maximum Gasteiger partial charge on any atom is 0.407 e. The van der Waals surface area contributed by atoms with Crippen LogP contribution in [0.5, 0.6) is 0 Å². The van der Waals surface area contributed by atoms with Gasteiger partial charge in [0.2, 0.25) is 0 Å². The first-order chi connectivity index (χ1) is 7.52. The molecule has 5 nitrogen and oxygen atoms in total. The number of alkyl halides is 2. The van der Waals surface area contributed by atoms with Crippen molar-refractivity contribution in [1.82, 2.24) is 5.32 Å². The molecule has 0 saturated carbocycles. The highest BCUT2D eigenvalue weighted by molar-refractivity contribution is 5.68. The molecule has 100 valence electrons. The van der Waals surface area contributed by atoms with E-state index < -0.39 is 43.0 Å². The monoisotopic (exact) mass is 253 g/mol. The van der Waals surface area contributed by atoms with E-state index in [9.17, 15) is 18.4 Å². The Labute approximate surface area is 98.1 Å². The number of hydrogen-bond acceptors (Lipinski definition) is 3. The van der Waals surface area contributed by atoms with Gasteiger partial charge in [-0.25, -0.2) is 13.6 Å². The predicted octanol–water partition coefficient (Wildman–Crippen LogP) is 2.01. The number of carbonyl (C=O) groups excluding carboxylic acids is 1. The molecule has 0 rings (SSSR count). The number of rotatable bonds is 5. The first-order valence-corrected chi connectivity index (χ1v) is 5.08. The molecule has 0 aromatic rings. The largest absolute Gasteiger partial charge is 0.481 e. The third-order valence-corrected chi connectivity index (χ3v) is 1.59. The highest BCUT2D eigenvalue weighted by Gasteiger charge is 2.30. The normalized spacial score (nSPS) is 12.1. The van der Waals surface area contributed by atoms with E-state index in [4.69, 9.17) is 9.84 Å². The van der Waals surface area contributed by atoms with Gasteiger partial charge in [-0.2, -0.15) is 0 Å². The van der Waals surface area contributed by atoms with E-state index in [0.29, 0.717) is 0 Å². The molecular weight excluding hydrogens is 236 g/mol. The van der Waals surface area contributed by atoms with Crippen molar-refractivity contribution >= 4 is 12.1 Å². The van der Waals surface area contributed by atoms with Crippen molar-refractivity contribution in [2.75, 3.05) is 6.54 Å². The van der Waals surface area contributed by atoms with Crippen molar-refractivity contribution in [3.8, 4) is 0 Å². The summed E-state index contributed by atoms with van der Waals surface area (Å²) in [6.45, 7) is 3.88. The fourth-order valence-corrected chi connectivity index (χ4v) is 0.894. The Bertz CT molecular complexity index is 287. The van der Waals surface area contributed by atoms with Crippen LogP contribution in [0.4, 0.5) is 13.6 Å². The molecule has 0 bridgehead atoms. The smallest absolute Gasteiger partial charge is 0.407 e. The van der Waals surface area contributed by atoms with Gasteiger partial charge in [-0.15, -0.1) is 0 Å². The first kappa shape index (κ1) is 15.6. The van der Waals surface area contributed by atoms with Crippen LogP contribution < -0.4 is 5.32 Å². The van der Waals surface area contributed by atoms with Crippen molar-refractivity contribution in [2.24, 2.45) is 0 Å². The number of hydrogen-bond donors (Lipinski definition) is 2. The number of aliphatic carboxylic acids is 1. The molecule has 0 atom stereocenters. The number of amides is 1. The Hall–Kier alpha value is -1.40. The molecule has 0 aromatic heterocycles. The minimum absolute atomic E-state index is 0.650. The minimum atomic E-state index is -3.25. The molecule has 0 spiro atoms. The second kappa shape index (κ2) is 5.79. The maximum atomic E-state index is 13.0. The summed E-state index contributed by atoms with van der Waals surface area (Å²) in [7, 11) is 0. The zero-order valence-corrected chi connectivity index (χ0v) is 10.0. The van der Waals surface area contributed by atoms with E-state index in [1.807, 2.05) is 5.32 Å². The van der Waals surface area contributed by atoms with E-state index in [2.05, 4.69) is 0 Å². The number of ether oxygens (including phenoxy) is 1. The summed E-state index contributed by atoms with van der Waals surface area (Å²) in [6.07, 6.45) is -2.42. The summed E-state index contributed by atoms with van der Waals surface area (Å²) in [5, 5.41) is 10.2. The Morgan fingerprint density at radius 2 is 1.82 bits per heavy atom. The molecular formula is C10H17F2NO4. The molecule has 0 heterocycles. The number of carbonyl (C=O) groups is 2. The van der Waals surface area contributed by atoms with E-state index in [-0.39, 0.29) is 0 Å². The van der Waals surface area contributed by atoms with Gasteiger partial charge in [0, 0.05) is 6.42 Å². The van der Waals surface area contributed by atoms with Gasteiger partial charge >= 0.3 is 12.1 Å². The van der Waals surface area contributed by atoms with Crippen LogP contribution in [-0.4, -0.2) is 35.2 Å². The number of nitrogens with one attached hydrogen (secondary N) is 1. The molecule has 0 radical (unpaired) electrons. The van der Waals surface area contributed by atoms with E-state index in [0.717, 1.165) is 0 Å². The topological polar surface area (TPSA) is 75.6 Å². The summed E-state index contributed by atoms with van der Waals surface area (Å²) < 4.78 is 30.8. The second-order valence-electron chi connectivity index (χ2n) is 4.61. The van der Waals surface area contributed by atoms with Crippen LogP contribution >= 0.6 is 0 Å². The van der Waals surface area contributed by atoms with E-state index in [1.54, 1.807) is 20.8 Å².